The number of carbonyl (C=O) groups excluding carboxylic acids is 1. The van der Waals surface area contributed by atoms with Crippen molar-refractivity contribution in [1.82, 2.24) is 4.98 Å². The molecule has 0 unspecified atom stereocenters. The van der Waals surface area contributed by atoms with Crippen molar-refractivity contribution in [3.05, 3.63) is 83.6 Å². The maximum atomic E-state index is 12.4. The Labute approximate surface area is 155 Å². The summed E-state index contributed by atoms with van der Waals surface area (Å²) >= 11 is 5.78. The predicted molar refractivity (Wildman–Crippen MR) is 101 cm³/mol. The highest BCUT2D eigenvalue weighted by molar-refractivity contribution is 7.92. The standard InChI is InChI=1S/C18H14ClN3O3S/c19-17-11-13(9-10-20-17)18(23)21-14-5-4-6-15(12-14)22-26(24,25)16-7-2-1-3-8-16/h1-12,22H,(H,21,23). The minimum Gasteiger partial charge on any atom is -0.322 e. The van der Waals surface area contributed by atoms with Gasteiger partial charge in [0, 0.05) is 17.4 Å². The van der Waals surface area contributed by atoms with Crippen LogP contribution in [0, 0.1) is 0 Å². The molecule has 3 aromatic rings. The number of sulfonamides is 1. The molecule has 0 bridgehead atoms. The number of hydrogen-bond acceptors (Lipinski definition) is 4. The summed E-state index contributed by atoms with van der Waals surface area (Å²) in [6.07, 6.45) is 1.43. The van der Waals surface area contributed by atoms with Crippen LogP contribution in [0.2, 0.25) is 5.15 Å². The van der Waals surface area contributed by atoms with Crippen LogP contribution in [0.3, 0.4) is 0 Å². The van der Waals surface area contributed by atoms with Gasteiger partial charge in [-0.1, -0.05) is 35.9 Å². The smallest absolute Gasteiger partial charge is 0.261 e. The number of amides is 1. The summed E-state index contributed by atoms with van der Waals surface area (Å²) in [4.78, 5) is 16.2. The lowest BCUT2D eigenvalue weighted by Gasteiger charge is -2.10. The number of aromatic nitrogens is 1. The number of benzene rings is 2. The zero-order valence-corrected chi connectivity index (χ0v) is 15.0. The molecule has 0 aliphatic rings. The minimum absolute atomic E-state index is 0.154. The van der Waals surface area contributed by atoms with Gasteiger partial charge in [-0.15, -0.1) is 0 Å². The Morgan fingerprint density at radius 2 is 1.65 bits per heavy atom. The highest BCUT2D eigenvalue weighted by atomic mass is 35.5. The van der Waals surface area contributed by atoms with E-state index in [0.717, 1.165) is 0 Å². The number of pyridine rings is 1. The summed E-state index contributed by atoms with van der Waals surface area (Å²) in [6.45, 7) is 0. The Hall–Kier alpha value is -2.90. The number of nitrogens with zero attached hydrogens (tertiary/aromatic N) is 1. The molecule has 1 amide bonds. The fourth-order valence-electron chi connectivity index (χ4n) is 2.22. The van der Waals surface area contributed by atoms with Crippen molar-refractivity contribution in [1.29, 1.82) is 0 Å². The summed E-state index contributed by atoms with van der Waals surface area (Å²) in [5.41, 5.74) is 1.12. The van der Waals surface area contributed by atoms with E-state index in [-0.39, 0.29) is 16.0 Å². The van der Waals surface area contributed by atoms with E-state index >= 15 is 0 Å². The molecule has 0 fully saturated rings. The zero-order valence-electron chi connectivity index (χ0n) is 13.4. The average Bonchev–Trinajstić information content (AvgIpc) is 2.62. The lowest BCUT2D eigenvalue weighted by molar-refractivity contribution is 0.102. The first-order valence-electron chi connectivity index (χ1n) is 7.55. The molecular formula is C18H14ClN3O3S. The second-order valence-corrected chi connectivity index (χ2v) is 7.39. The predicted octanol–water partition coefficient (Wildman–Crippen LogP) is 3.79. The first kappa shape index (κ1) is 17.9. The fourth-order valence-corrected chi connectivity index (χ4v) is 3.47. The Balaban J connectivity index is 1.77. The van der Waals surface area contributed by atoms with Gasteiger partial charge >= 0.3 is 0 Å². The molecule has 6 nitrogen and oxygen atoms in total. The van der Waals surface area contributed by atoms with Crippen LogP contribution in [0.25, 0.3) is 0 Å². The van der Waals surface area contributed by atoms with Crippen molar-refractivity contribution in [2.45, 2.75) is 4.90 Å². The van der Waals surface area contributed by atoms with Crippen molar-refractivity contribution >= 4 is 38.9 Å². The molecule has 1 heterocycles. The molecule has 2 N–H and O–H groups in total. The summed E-state index contributed by atoms with van der Waals surface area (Å²) < 4.78 is 27.2. The second-order valence-electron chi connectivity index (χ2n) is 5.32. The molecule has 26 heavy (non-hydrogen) atoms. The van der Waals surface area contributed by atoms with Crippen molar-refractivity contribution in [2.24, 2.45) is 0 Å². The first-order chi connectivity index (χ1) is 12.4. The Morgan fingerprint density at radius 3 is 2.38 bits per heavy atom. The summed E-state index contributed by atoms with van der Waals surface area (Å²) in [6, 6.07) is 17.4. The van der Waals surface area contributed by atoms with Crippen molar-refractivity contribution in [3.63, 3.8) is 0 Å². The van der Waals surface area contributed by atoms with Gasteiger partial charge in [0.05, 0.1) is 10.6 Å². The van der Waals surface area contributed by atoms with Gasteiger partial charge < -0.3 is 5.32 Å². The molecule has 0 radical (unpaired) electrons. The molecule has 0 spiro atoms. The lowest BCUT2D eigenvalue weighted by Crippen LogP contribution is -2.14. The topological polar surface area (TPSA) is 88.2 Å². The molecule has 0 atom stereocenters. The monoisotopic (exact) mass is 387 g/mol. The third-order valence-electron chi connectivity index (χ3n) is 3.41. The summed E-state index contributed by atoms with van der Waals surface area (Å²) in [7, 11) is -3.70. The number of nitrogens with one attached hydrogen (secondary N) is 2. The molecule has 0 aliphatic heterocycles. The van der Waals surface area contributed by atoms with Crippen LogP contribution < -0.4 is 10.0 Å². The van der Waals surface area contributed by atoms with Crippen LogP contribution >= 0.6 is 11.6 Å². The Kier molecular flexibility index (Phi) is 5.20. The molecule has 0 saturated heterocycles. The van der Waals surface area contributed by atoms with Gasteiger partial charge in [0.2, 0.25) is 0 Å². The first-order valence-corrected chi connectivity index (χ1v) is 9.41. The van der Waals surface area contributed by atoms with Crippen LogP contribution in [0.4, 0.5) is 11.4 Å². The Bertz CT molecular complexity index is 1040. The lowest BCUT2D eigenvalue weighted by atomic mass is 10.2. The SMILES string of the molecule is O=C(Nc1cccc(NS(=O)(=O)c2ccccc2)c1)c1ccnc(Cl)c1. The largest absolute Gasteiger partial charge is 0.322 e. The number of hydrogen-bond donors (Lipinski definition) is 2. The molecule has 3 rings (SSSR count). The average molecular weight is 388 g/mol. The normalized spacial score (nSPS) is 11.0. The van der Waals surface area contributed by atoms with Gasteiger partial charge in [-0.05, 0) is 42.5 Å². The van der Waals surface area contributed by atoms with Gasteiger partial charge in [0.25, 0.3) is 15.9 Å². The quantitative estimate of drug-likeness (QED) is 0.652. The van der Waals surface area contributed by atoms with Crippen LogP contribution in [-0.4, -0.2) is 19.3 Å². The third-order valence-corrected chi connectivity index (χ3v) is 5.02. The van der Waals surface area contributed by atoms with E-state index in [1.807, 2.05) is 0 Å². The maximum Gasteiger partial charge on any atom is 0.261 e. The summed E-state index contributed by atoms with van der Waals surface area (Å²) in [5, 5.41) is 2.90. The second kappa shape index (κ2) is 7.55. The maximum absolute atomic E-state index is 12.4. The molecule has 2 aromatic carbocycles. The highest BCUT2D eigenvalue weighted by Gasteiger charge is 2.14. The minimum atomic E-state index is -3.70. The van der Waals surface area contributed by atoms with Crippen LogP contribution in [0.15, 0.2) is 77.8 Å². The van der Waals surface area contributed by atoms with Crippen LogP contribution in [0.1, 0.15) is 10.4 Å². The van der Waals surface area contributed by atoms with Gasteiger partial charge in [-0.3, -0.25) is 9.52 Å². The van der Waals surface area contributed by atoms with Gasteiger partial charge in [0.1, 0.15) is 5.15 Å². The Morgan fingerprint density at radius 1 is 0.923 bits per heavy atom. The van der Waals surface area contributed by atoms with Gasteiger partial charge in [0.15, 0.2) is 0 Å². The zero-order chi connectivity index (χ0) is 18.6. The highest BCUT2D eigenvalue weighted by Crippen LogP contribution is 2.20. The van der Waals surface area contributed by atoms with E-state index in [0.29, 0.717) is 16.9 Å². The molecule has 132 valence electrons. The fraction of sp³-hybridized carbons (Fsp3) is 0. The molecule has 0 aliphatic carbocycles. The van der Waals surface area contributed by atoms with Crippen molar-refractivity contribution < 1.29 is 13.2 Å². The van der Waals surface area contributed by atoms with Crippen LogP contribution in [-0.2, 0) is 10.0 Å². The van der Waals surface area contributed by atoms with E-state index < -0.39 is 10.0 Å². The summed E-state index contributed by atoms with van der Waals surface area (Å²) in [5.74, 6) is -0.377. The molecule has 0 saturated carbocycles. The van der Waals surface area contributed by atoms with Crippen molar-refractivity contribution in [3.8, 4) is 0 Å². The van der Waals surface area contributed by atoms with Gasteiger partial charge in [-0.25, -0.2) is 13.4 Å². The van der Waals surface area contributed by atoms with E-state index in [2.05, 4.69) is 15.0 Å². The third kappa shape index (κ3) is 4.38. The van der Waals surface area contributed by atoms with Crippen molar-refractivity contribution in [2.75, 3.05) is 10.0 Å². The molecule has 1 aromatic heterocycles. The van der Waals surface area contributed by atoms with E-state index in [1.54, 1.807) is 36.4 Å². The number of halogens is 1. The number of carbonyl (C=O) groups is 1. The number of anilines is 2. The van der Waals surface area contributed by atoms with E-state index in [4.69, 9.17) is 11.6 Å². The van der Waals surface area contributed by atoms with Gasteiger partial charge in [-0.2, -0.15) is 0 Å². The van der Waals surface area contributed by atoms with E-state index in [1.165, 1.54) is 36.5 Å². The van der Waals surface area contributed by atoms with E-state index in [9.17, 15) is 13.2 Å². The number of rotatable bonds is 5. The molecule has 8 heteroatoms. The molecular weight excluding hydrogens is 374 g/mol. The van der Waals surface area contributed by atoms with Crippen LogP contribution in [0.5, 0.6) is 0 Å².